The Balaban J connectivity index is 2.17. The number of piperidine rings is 1. The number of amides is 1. The second-order valence-corrected chi connectivity index (χ2v) is 5.81. The number of halogens is 1. The summed E-state index contributed by atoms with van der Waals surface area (Å²) in [7, 11) is 1.72. The first kappa shape index (κ1) is 14.3. The summed E-state index contributed by atoms with van der Waals surface area (Å²) in [4.78, 5) is 14.4. The molecule has 0 radical (unpaired) electrons. The van der Waals surface area contributed by atoms with Crippen LogP contribution >= 0.6 is 15.9 Å². The normalized spacial score (nSPS) is 16.7. The van der Waals surface area contributed by atoms with Gasteiger partial charge in [-0.25, -0.2) is 0 Å². The van der Waals surface area contributed by atoms with E-state index < -0.39 is 0 Å². The Bertz CT molecular complexity index is 483. The van der Waals surface area contributed by atoms with Crippen LogP contribution in [0.1, 0.15) is 28.8 Å². The lowest BCUT2D eigenvalue weighted by Crippen LogP contribution is -2.40. The third-order valence-corrected chi connectivity index (χ3v) is 4.16. The number of hydrogen-bond donors (Lipinski definition) is 1. The second-order valence-electron chi connectivity index (χ2n) is 4.89. The lowest BCUT2D eigenvalue weighted by Gasteiger charge is -2.31. The van der Waals surface area contributed by atoms with Crippen molar-refractivity contribution in [3.63, 3.8) is 0 Å². The Labute approximate surface area is 122 Å². The van der Waals surface area contributed by atoms with Crippen LogP contribution in [0.3, 0.4) is 0 Å². The molecule has 1 saturated heterocycles. The number of anilines is 1. The van der Waals surface area contributed by atoms with E-state index in [1.165, 1.54) is 0 Å². The van der Waals surface area contributed by atoms with E-state index in [9.17, 15) is 4.79 Å². The molecule has 104 valence electrons. The number of nitrogen functional groups attached to an aromatic ring is 1. The van der Waals surface area contributed by atoms with Crippen LogP contribution in [0.2, 0.25) is 0 Å². The highest BCUT2D eigenvalue weighted by molar-refractivity contribution is 9.10. The summed E-state index contributed by atoms with van der Waals surface area (Å²) in [6.45, 7) is 3.36. The number of benzene rings is 1. The fraction of sp³-hybridized carbons (Fsp3) is 0.500. The van der Waals surface area contributed by atoms with E-state index in [1.807, 2.05) is 24.0 Å². The van der Waals surface area contributed by atoms with Crippen molar-refractivity contribution in [2.75, 3.05) is 25.9 Å². The van der Waals surface area contributed by atoms with E-state index in [4.69, 9.17) is 10.5 Å². The third kappa shape index (κ3) is 3.09. The Hall–Kier alpha value is -1.07. The number of methoxy groups -OCH3 is 1. The number of ether oxygens (including phenoxy) is 1. The minimum atomic E-state index is 0.0556. The number of nitrogens with zero attached hydrogens (tertiary/aromatic N) is 1. The molecule has 0 unspecified atom stereocenters. The van der Waals surface area contributed by atoms with Gasteiger partial charge in [-0.2, -0.15) is 0 Å². The van der Waals surface area contributed by atoms with Crippen LogP contribution < -0.4 is 5.73 Å². The average Bonchev–Trinajstić information content (AvgIpc) is 2.42. The molecule has 5 heteroatoms. The Morgan fingerprint density at radius 1 is 1.42 bits per heavy atom. The summed E-state index contributed by atoms with van der Waals surface area (Å²) >= 11 is 3.39. The van der Waals surface area contributed by atoms with Gasteiger partial charge in [-0.15, -0.1) is 0 Å². The van der Waals surface area contributed by atoms with Gasteiger partial charge in [0, 0.05) is 35.9 Å². The summed E-state index contributed by atoms with van der Waals surface area (Å²) in [5.74, 6) is 0.0556. The second kappa shape index (κ2) is 5.92. The van der Waals surface area contributed by atoms with Gasteiger partial charge in [-0.05, 0) is 37.5 Å². The van der Waals surface area contributed by atoms with Crippen molar-refractivity contribution in [2.45, 2.75) is 25.9 Å². The van der Waals surface area contributed by atoms with Crippen molar-refractivity contribution in [3.05, 3.63) is 27.7 Å². The average molecular weight is 327 g/mol. The van der Waals surface area contributed by atoms with E-state index in [-0.39, 0.29) is 12.0 Å². The molecule has 0 bridgehead atoms. The van der Waals surface area contributed by atoms with Gasteiger partial charge < -0.3 is 15.4 Å². The maximum absolute atomic E-state index is 12.5. The van der Waals surface area contributed by atoms with Crippen LogP contribution in [-0.2, 0) is 4.74 Å². The van der Waals surface area contributed by atoms with Crippen LogP contribution in [0.5, 0.6) is 0 Å². The predicted octanol–water partition coefficient (Wildman–Crippen LogP) is 2.59. The van der Waals surface area contributed by atoms with Crippen LogP contribution in [0.4, 0.5) is 5.69 Å². The number of hydrogen-bond acceptors (Lipinski definition) is 3. The van der Waals surface area contributed by atoms with Gasteiger partial charge in [0.15, 0.2) is 0 Å². The predicted molar refractivity (Wildman–Crippen MR) is 79.2 cm³/mol. The highest BCUT2D eigenvalue weighted by Crippen LogP contribution is 2.25. The molecular formula is C14H19BrN2O2. The molecule has 1 fully saturated rings. The zero-order chi connectivity index (χ0) is 14.0. The van der Waals surface area contributed by atoms with E-state index in [0.717, 1.165) is 36.0 Å². The van der Waals surface area contributed by atoms with E-state index in [1.54, 1.807) is 7.11 Å². The van der Waals surface area contributed by atoms with Crippen molar-refractivity contribution in [1.29, 1.82) is 0 Å². The standard InChI is InChI=1S/C14H19BrN2O2/c1-9-12(7-10(15)8-13(9)16)14(18)17-5-3-11(19-2)4-6-17/h7-8,11H,3-6,16H2,1-2H3. The topological polar surface area (TPSA) is 55.6 Å². The molecule has 1 heterocycles. The van der Waals surface area contributed by atoms with E-state index >= 15 is 0 Å². The highest BCUT2D eigenvalue weighted by Gasteiger charge is 2.24. The third-order valence-electron chi connectivity index (χ3n) is 3.71. The SMILES string of the molecule is COC1CCN(C(=O)c2cc(Br)cc(N)c2C)CC1. The molecular weight excluding hydrogens is 308 g/mol. The molecule has 0 aliphatic carbocycles. The molecule has 0 spiro atoms. The molecule has 1 aromatic carbocycles. The largest absolute Gasteiger partial charge is 0.398 e. The maximum Gasteiger partial charge on any atom is 0.254 e. The molecule has 0 aromatic heterocycles. The lowest BCUT2D eigenvalue weighted by atomic mass is 10.0. The molecule has 2 N–H and O–H groups in total. The van der Waals surface area contributed by atoms with Gasteiger partial charge in [0.25, 0.3) is 5.91 Å². The first-order valence-electron chi connectivity index (χ1n) is 6.40. The molecule has 1 aliphatic heterocycles. The van der Waals surface area contributed by atoms with Crippen molar-refractivity contribution in [3.8, 4) is 0 Å². The Morgan fingerprint density at radius 2 is 2.05 bits per heavy atom. The summed E-state index contributed by atoms with van der Waals surface area (Å²) in [5.41, 5.74) is 8.09. The molecule has 1 amide bonds. The first-order chi connectivity index (χ1) is 9.02. The Kier molecular flexibility index (Phi) is 4.47. The van der Waals surface area contributed by atoms with Crippen molar-refractivity contribution >= 4 is 27.5 Å². The molecule has 0 atom stereocenters. The van der Waals surface area contributed by atoms with Crippen molar-refractivity contribution < 1.29 is 9.53 Å². The van der Waals surface area contributed by atoms with Gasteiger partial charge in [0.05, 0.1) is 6.10 Å². The fourth-order valence-corrected chi connectivity index (χ4v) is 2.86. The number of carbonyl (C=O) groups excluding carboxylic acids is 1. The molecule has 2 rings (SSSR count). The summed E-state index contributed by atoms with van der Waals surface area (Å²) in [6.07, 6.45) is 2.06. The van der Waals surface area contributed by atoms with Gasteiger partial charge in [-0.3, -0.25) is 4.79 Å². The van der Waals surface area contributed by atoms with Crippen LogP contribution in [0, 0.1) is 6.92 Å². The zero-order valence-corrected chi connectivity index (χ0v) is 12.9. The van der Waals surface area contributed by atoms with Gasteiger partial charge in [-0.1, -0.05) is 15.9 Å². The number of nitrogens with two attached hydrogens (primary N) is 1. The molecule has 1 aliphatic rings. The van der Waals surface area contributed by atoms with Crippen LogP contribution in [-0.4, -0.2) is 37.1 Å². The number of likely N-dealkylation sites (tertiary alicyclic amines) is 1. The first-order valence-corrected chi connectivity index (χ1v) is 7.20. The number of carbonyl (C=O) groups is 1. The zero-order valence-electron chi connectivity index (χ0n) is 11.3. The molecule has 19 heavy (non-hydrogen) atoms. The quantitative estimate of drug-likeness (QED) is 0.850. The molecule has 4 nitrogen and oxygen atoms in total. The lowest BCUT2D eigenvalue weighted by molar-refractivity contribution is 0.0350. The summed E-state index contributed by atoms with van der Waals surface area (Å²) in [6, 6.07) is 3.67. The van der Waals surface area contributed by atoms with Gasteiger partial charge in [0.2, 0.25) is 0 Å². The minimum Gasteiger partial charge on any atom is -0.398 e. The Morgan fingerprint density at radius 3 is 2.63 bits per heavy atom. The van der Waals surface area contributed by atoms with E-state index in [2.05, 4.69) is 15.9 Å². The molecule has 0 saturated carbocycles. The summed E-state index contributed by atoms with van der Waals surface area (Å²) < 4.78 is 6.16. The highest BCUT2D eigenvalue weighted by atomic mass is 79.9. The minimum absolute atomic E-state index is 0.0556. The van der Waals surface area contributed by atoms with Gasteiger partial charge in [0.1, 0.15) is 0 Å². The van der Waals surface area contributed by atoms with E-state index in [0.29, 0.717) is 11.3 Å². The summed E-state index contributed by atoms with van der Waals surface area (Å²) in [5, 5.41) is 0. The van der Waals surface area contributed by atoms with Crippen LogP contribution in [0.25, 0.3) is 0 Å². The molecule has 1 aromatic rings. The van der Waals surface area contributed by atoms with Crippen LogP contribution in [0.15, 0.2) is 16.6 Å². The van der Waals surface area contributed by atoms with Gasteiger partial charge >= 0.3 is 0 Å². The maximum atomic E-state index is 12.5. The van der Waals surface area contributed by atoms with Crippen molar-refractivity contribution in [1.82, 2.24) is 4.90 Å². The van der Waals surface area contributed by atoms with Crippen molar-refractivity contribution in [2.24, 2.45) is 0 Å². The smallest absolute Gasteiger partial charge is 0.254 e. The monoisotopic (exact) mass is 326 g/mol. The fourth-order valence-electron chi connectivity index (χ4n) is 2.39. The number of rotatable bonds is 2.